The number of carbonyl (C=O) groups is 2. The van der Waals surface area contributed by atoms with Crippen LogP contribution in [-0.4, -0.2) is 42.9 Å². The molecule has 1 aromatic rings. The molecule has 0 fully saturated rings. The van der Waals surface area contributed by atoms with Gasteiger partial charge in [0.1, 0.15) is 0 Å². The lowest BCUT2D eigenvalue weighted by Crippen LogP contribution is -3.00. The summed E-state index contributed by atoms with van der Waals surface area (Å²) in [5, 5.41) is 5.56. The fourth-order valence-electron chi connectivity index (χ4n) is 1.88. The van der Waals surface area contributed by atoms with Gasteiger partial charge in [0.15, 0.2) is 0 Å². The topological polar surface area (TPSA) is 61.4 Å². The molecule has 0 saturated heterocycles. The van der Waals surface area contributed by atoms with Gasteiger partial charge in [-0.2, -0.15) is 0 Å². The van der Waals surface area contributed by atoms with Crippen LogP contribution < -0.4 is 23.0 Å². The highest BCUT2D eigenvalue weighted by Crippen LogP contribution is 2.09. The summed E-state index contributed by atoms with van der Waals surface area (Å²) in [6.07, 6.45) is 0. The third-order valence-electron chi connectivity index (χ3n) is 3.08. The average Bonchev–Trinajstić information content (AvgIpc) is 2.43. The highest BCUT2D eigenvalue weighted by Gasteiger charge is 2.06. The number of anilines is 1. The summed E-state index contributed by atoms with van der Waals surface area (Å²) in [6, 6.07) is 6.86. The Balaban J connectivity index is 0.00000400. The van der Waals surface area contributed by atoms with Gasteiger partial charge in [-0.25, -0.2) is 0 Å². The fraction of sp³-hybridized carbons (Fsp3) is 0.467. The van der Waals surface area contributed by atoms with Gasteiger partial charge in [-0.1, -0.05) is 13.8 Å². The van der Waals surface area contributed by atoms with Gasteiger partial charge in [0.05, 0.1) is 0 Å². The molecule has 0 atom stereocenters. The standard InChI is InChI=1S/C15H23N3O2.ClH/c1-4-18(5-2)11-10-16-15(20)13-6-8-14(9-7-13)17-12(3)19;/h6-9H,4-5,10-11H2,1-3H3,(H,16,20)(H,17,19);1H/p-1. The molecule has 1 aromatic carbocycles. The van der Waals surface area contributed by atoms with Crippen LogP contribution in [0.2, 0.25) is 0 Å². The van der Waals surface area contributed by atoms with Crippen molar-refractivity contribution in [2.75, 3.05) is 31.5 Å². The normalized spacial score (nSPS) is 9.90. The molecule has 0 unspecified atom stereocenters. The minimum Gasteiger partial charge on any atom is -1.00 e. The van der Waals surface area contributed by atoms with E-state index < -0.39 is 0 Å². The Kier molecular flexibility index (Phi) is 9.41. The molecule has 0 spiro atoms. The second kappa shape index (κ2) is 10.2. The van der Waals surface area contributed by atoms with Crippen LogP contribution in [0.15, 0.2) is 24.3 Å². The molecule has 0 bridgehead atoms. The second-order valence-corrected chi connectivity index (χ2v) is 4.54. The molecule has 0 radical (unpaired) electrons. The van der Waals surface area contributed by atoms with E-state index in [2.05, 4.69) is 29.4 Å². The number of nitrogens with zero attached hydrogens (tertiary/aromatic N) is 1. The van der Waals surface area contributed by atoms with Crippen molar-refractivity contribution in [1.82, 2.24) is 10.2 Å². The zero-order valence-corrected chi connectivity index (χ0v) is 13.5. The number of rotatable bonds is 7. The molecule has 21 heavy (non-hydrogen) atoms. The number of hydrogen-bond acceptors (Lipinski definition) is 3. The molecular weight excluding hydrogens is 290 g/mol. The molecular formula is C15H23ClN3O2-. The highest BCUT2D eigenvalue weighted by atomic mass is 35.5. The van der Waals surface area contributed by atoms with Crippen molar-refractivity contribution >= 4 is 17.5 Å². The van der Waals surface area contributed by atoms with E-state index in [1.165, 1.54) is 6.92 Å². The Hall–Kier alpha value is -1.59. The zero-order valence-electron chi connectivity index (χ0n) is 12.8. The Labute approximate surface area is 132 Å². The van der Waals surface area contributed by atoms with E-state index in [-0.39, 0.29) is 24.2 Å². The van der Waals surface area contributed by atoms with E-state index in [9.17, 15) is 9.59 Å². The third kappa shape index (κ3) is 7.11. The first-order chi connectivity index (χ1) is 9.56. The predicted molar refractivity (Wildman–Crippen MR) is 80.9 cm³/mol. The molecule has 2 N–H and O–H groups in total. The Morgan fingerprint density at radius 2 is 1.67 bits per heavy atom. The van der Waals surface area contributed by atoms with Crippen LogP contribution in [0.4, 0.5) is 5.69 Å². The minimum absolute atomic E-state index is 0. The fourth-order valence-corrected chi connectivity index (χ4v) is 1.88. The summed E-state index contributed by atoms with van der Waals surface area (Å²) in [5.74, 6) is -0.215. The SMILES string of the molecule is CCN(CC)CCNC(=O)c1ccc(NC(C)=O)cc1.[Cl-]. The molecule has 2 amide bonds. The van der Waals surface area contributed by atoms with Gasteiger partial charge in [-0.3, -0.25) is 9.59 Å². The maximum Gasteiger partial charge on any atom is 0.251 e. The smallest absolute Gasteiger partial charge is 0.251 e. The Bertz CT molecular complexity index is 445. The number of likely N-dealkylation sites (N-methyl/N-ethyl adjacent to an activating group) is 1. The lowest BCUT2D eigenvalue weighted by atomic mass is 10.2. The van der Waals surface area contributed by atoms with Crippen LogP contribution in [0.25, 0.3) is 0 Å². The van der Waals surface area contributed by atoms with E-state index in [1.807, 2.05) is 0 Å². The number of nitrogens with one attached hydrogen (secondary N) is 2. The monoisotopic (exact) mass is 312 g/mol. The molecule has 0 aliphatic carbocycles. The van der Waals surface area contributed by atoms with E-state index >= 15 is 0 Å². The summed E-state index contributed by atoms with van der Waals surface area (Å²) < 4.78 is 0. The van der Waals surface area contributed by atoms with Crippen molar-refractivity contribution in [3.05, 3.63) is 29.8 Å². The largest absolute Gasteiger partial charge is 1.00 e. The van der Waals surface area contributed by atoms with Gasteiger partial charge in [0.25, 0.3) is 5.91 Å². The van der Waals surface area contributed by atoms with E-state index in [1.54, 1.807) is 24.3 Å². The number of carbonyl (C=O) groups excluding carboxylic acids is 2. The molecule has 118 valence electrons. The summed E-state index contributed by atoms with van der Waals surface area (Å²) in [4.78, 5) is 25.1. The van der Waals surface area contributed by atoms with Gasteiger partial charge >= 0.3 is 0 Å². The van der Waals surface area contributed by atoms with Crippen molar-refractivity contribution < 1.29 is 22.0 Å². The van der Waals surface area contributed by atoms with Gasteiger partial charge in [-0.15, -0.1) is 0 Å². The first-order valence-electron chi connectivity index (χ1n) is 6.95. The van der Waals surface area contributed by atoms with Crippen LogP contribution in [0.1, 0.15) is 31.1 Å². The predicted octanol–water partition coefficient (Wildman–Crippen LogP) is -1.28. The zero-order chi connectivity index (χ0) is 15.0. The molecule has 6 heteroatoms. The van der Waals surface area contributed by atoms with E-state index in [4.69, 9.17) is 0 Å². The average molecular weight is 313 g/mol. The van der Waals surface area contributed by atoms with E-state index in [0.717, 1.165) is 19.6 Å². The van der Waals surface area contributed by atoms with Crippen LogP contribution >= 0.6 is 0 Å². The first-order valence-corrected chi connectivity index (χ1v) is 6.95. The third-order valence-corrected chi connectivity index (χ3v) is 3.08. The van der Waals surface area contributed by atoms with Gasteiger partial charge in [0.2, 0.25) is 5.91 Å². The maximum absolute atomic E-state index is 11.9. The Morgan fingerprint density at radius 3 is 2.14 bits per heavy atom. The van der Waals surface area contributed by atoms with Gasteiger partial charge < -0.3 is 27.9 Å². The quantitative estimate of drug-likeness (QED) is 0.659. The molecule has 1 rings (SSSR count). The molecule has 0 saturated carbocycles. The first kappa shape index (κ1) is 19.4. The number of benzene rings is 1. The number of hydrogen-bond donors (Lipinski definition) is 2. The van der Waals surface area contributed by atoms with Crippen LogP contribution in [-0.2, 0) is 4.79 Å². The molecule has 5 nitrogen and oxygen atoms in total. The van der Waals surface area contributed by atoms with Crippen LogP contribution in [0.5, 0.6) is 0 Å². The van der Waals surface area contributed by atoms with Gasteiger partial charge in [-0.05, 0) is 37.4 Å². The number of halogens is 1. The summed E-state index contributed by atoms with van der Waals surface area (Å²) >= 11 is 0. The maximum atomic E-state index is 11.9. The Morgan fingerprint density at radius 1 is 1.10 bits per heavy atom. The van der Waals surface area contributed by atoms with Crippen molar-refractivity contribution in [2.45, 2.75) is 20.8 Å². The van der Waals surface area contributed by atoms with Crippen molar-refractivity contribution in [1.29, 1.82) is 0 Å². The van der Waals surface area contributed by atoms with Crippen LogP contribution in [0, 0.1) is 0 Å². The second-order valence-electron chi connectivity index (χ2n) is 4.54. The van der Waals surface area contributed by atoms with Gasteiger partial charge in [0, 0.05) is 31.3 Å². The van der Waals surface area contributed by atoms with Crippen molar-refractivity contribution in [2.24, 2.45) is 0 Å². The summed E-state index contributed by atoms with van der Waals surface area (Å²) in [5.41, 5.74) is 1.29. The minimum atomic E-state index is -0.124. The molecule has 0 heterocycles. The lowest BCUT2D eigenvalue weighted by molar-refractivity contribution is -0.114. The molecule has 0 aliphatic rings. The highest BCUT2D eigenvalue weighted by molar-refractivity contribution is 5.95. The van der Waals surface area contributed by atoms with Crippen molar-refractivity contribution in [3.8, 4) is 0 Å². The molecule has 0 aliphatic heterocycles. The van der Waals surface area contributed by atoms with E-state index in [0.29, 0.717) is 17.8 Å². The van der Waals surface area contributed by atoms with Crippen molar-refractivity contribution in [3.63, 3.8) is 0 Å². The lowest BCUT2D eigenvalue weighted by Gasteiger charge is -2.17. The molecule has 0 aromatic heterocycles. The number of amides is 2. The van der Waals surface area contributed by atoms with Crippen LogP contribution in [0.3, 0.4) is 0 Å². The summed E-state index contributed by atoms with van der Waals surface area (Å²) in [7, 11) is 0. The summed E-state index contributed by atoms with van der Waals surface area (Å²) in [6.45, 7) is 9.11.